The molecule has 8 aromatic carbocycles. The van der Waals surface area contributed by atoms with Gasteiger partial charge in [0.2, 0.25) is 0 Å². The van der Waals surface area contributed by atoms with E-state index in [0.29, 0.717) is 0 Å². The predicted octanol–water partition coefficient (Wildman–Crippen LogP) is 17.2. The van der Waals surface area contributed by atoms with Gasteiger partial charge in [-0.25, -0.2) is 0 Å². The summed E-state index contributed by atoms with van der Waals surface area (Å²) in [5, 5.41) is 7.84. The second-order valence-corrected chi connectivity index (χ2v) is 20.5. The summed E-state index contributed by atoms with van der Waals surface area (Å²) < 4.78 is 3.96. The third-order valence-corrected chi connectivity index (χ3v) is 14.6. The molecule has 0 radical (unpaired) electrons. The lowest BCUT2D eigenvalue weighted by Crippen LogP contribution is -2.13. The van der Waals surface area contributed by atoms with Gasteiger partial charge in [0.15, 0.2) is 0 Å². The van der Waals surface area contributed by atoms with Crippen molar-refractivity contribution >= 4 is 92.8 Å². The first-order valence-corrected chi connectivity index (χ1v) is 23.0. The van der Waals surface area contributed by atoms with Crippen molar-refractivity contribution in [2.45, 2.75) is 58.8 Å². The van der Waals surface area contributed by atoms with Gasteiger partial charge in [-0.3, -0.25) is 4.40 Å². The number of anilines is 6. The summed E-state index contributed by atoms with van der Waals surface area (Å²) in [5.74, 6) is 0. The number of nitrogens with zero attached hydrogens (tertiary/aromatic N) is 3. The molecule has 0 N–H and O–H groups in total. The molecule has 12 rings (SSSR count). The maximum absolute atomic E-state index is 2.64. The zero-order chi connectivity index (χ0) is 42.8. The van der Waals surface area contributed by atoms with Gasteiger partial charge >= 0.3 is 0 Å². The van der Waals surface area contributed by atoms with Gasteiger partial charge < -0.3 is 9.80 Å². The number of fused-ring (bicyclic) bond motifs is 11. The predicted molar refractivity (Wildman–Crippen MR) is 271 cm³/mol. The number of hydrogen-bond donors (Lipinski definition) is 0. The largest absolute Gasteiger partial charge is 0.310 e. The lowest BCUT2D eigenvalue weighted by atomic mass is 9.87. The number of rotatable bonds is 6. The molecule has 0 aliphatic heterocycles. The minimum Gasteiger partial charge on any atom is -0.310 e. The lowest BCUT2D eigenvalue weighted by Gasteiger charge is -2.28. The molecule has 306 valence electrons. The van der Waals surface area contributed by atoms with Crippen molar-refractivity contribution in [1.29, 1.82) is 0 Å². The van der Waals surface area contributed by atoms with Crippen LogP contribution < -0.4 is 9.80 Å². The smallest absolute Gasteiger partial charge is 0.109 e. The second-order valence-electron chi connectivity index (χ2n) is 19.5. The summed E-state index contributed by atoms with van der Waals surface area (Å²) in [6.45, 7) is 13.7. The molecular weight excluding hydrogens is 783 g/mol. The first-order valence-electron chi connectivity index (χ1n) is 22.2. The van der Waals surface area contributed by atoms with Crippen LogP contribution >= 0.6 is 11.3 Å². The average molecular weight is 832 g/mol. The Morgan fingerprint density at radius 2 is 1.05 bits per heavy atom. The Labute approximate surface area is 373 Å². The van der Waals surface area contributed by atoms with E-state index in [0.717, 1.165) is 34.9 Å². The molecule has 0 bridgehead atoms. The highest BCUT2D eigenvalue weighted by Crippen LogP contribution is 2.54. The Morgan fingerprint density at radius 1 is 0.476 bits per heavy atom. The van der Waals surface area contributed by atoms with E-state index in [2.05, 4.69) is 232 Å². The van der Waals surface area contributed by atoms with Crippen LogP contribution in [0.25, 0.3) is 58.6 Å². The molecule has 0 amide bonds. The maximum Gasteiger partial charge on any atom is 0.109 e. The van der Waals surface area contributed by atoms with Gasteiger partial charge in [-0.05, 0) is 123 Å². The van der Waals surface area contributed by atoms with Crippen molar-refractivity contribution in [1.82, 2.24) is 4.40 Å². The minimum atomic E-state index is 0.0673. The van der Waals surface area contributed by atoms with Gasteiger partial charge in [-0.2, -0.15) is 0 Å². The molecule has 1 aliphatic rings. The normalized spacial score (nSPS) is 12.9. The van der Waals surface area contributed by atoms with E-state index in [4.69, 9.17) is 0 Å². The SMILES string of the molecule is CC(C)(C)c1ccc(N(c2ccccc2)c2ccc3cc4c(cc3c2)-c2c(c3ccc(N(c5ccccc5)c5ccc(C(C)(C)C)cc5)c5c6c7ccccc7sc6n2c35)C4)cc1. The van der Waals surface area contributed by atoms with Crippen molar-refractivity contribution in [3.05, 3.63) is 198 Å². The summed E-state index contributed by atoms with van der Waals surface area (Å²) >= 11 is 1.92. The molecule has 0 saturated carbocycles. The van der Waals surface area contributed by atoms with Crippen LogP contribution in [0.3, 0.4) is 0 Å². The van der Waals surface area contributed by atoms with E-state index in [1.165, 1.54) is 86.6 Å². The lowest BCUT2D eigenvalue weighted by molar-refractivity contribution is 0.590. The maximum atomic E-state index is 2.64. The van der Waals surface area contributed by atoms with Gasteiger partial charge in [0, 0.05) is 66.7 Å². The van der Waals surface area contributed by atoms with E-state index >= 15 is 0 Å². The fraction of sp³-hybridized carbons (Fsp3) is 0.153. The molecule has 0 atom stereocenters. The van der Waals surface area contributed by atoms with Gasteiger partial charge in [0.05, 0.1) is 16.9 Å². The Bertz CT molecular complexity index is 3530. The standard InChI is InChI=1S/C59H49N3S/c1-58(2,3)40-22-27-44(28-23-40)60(42-15-9-7-10-16-42)46-26-21-37-33-39-36-50-47-31-32-51(61(43-17-11-8-12-18-43)45-29-24-41(25-30-45)59(4,5)6)54-53-48-19-13-14-20-52(48)63-57(53)62(56(47)54)55(50)49(39)35-38(37)34-46/h7-35H,36H2,1-6H3. The molecule has 0 fully saturated rings. The highest BCUT2D eigenvalue weighted by molar-refractivity contribution is 7.25. The molecule has 4 heteroatoms. The van der Waals surface area contributed by atoms with E-state index in [9.17, 15) is 0 Å². The Kier molecular flexibility index (Phi) is 8.30. The van der Waals surface area contributed by atoms with Crippen molar-refractivity contribution in [2.24, 2.45) is 0 Å². The highest BCUT2D eigenvalue weighted by Gasteiger charge is 2.33. The third-order valence-electron chi connectivity index (χ3n) is 13.4. The highest BCUT2D eigenvalue weighted by atomic mass is 32.1. The van der Waals surface area contributed by atoms with Gasteiger partial charge in [0.25, 0.3) is 0 Å². The summed E-state index contributed by atoms with van der Waals surface area (Å²) in [5.41, 5.74) is 16.6. The number of benzene rings is 8. The molecule has 0 unspecified atom stereocenters. The molecule has 1 aliphatic carbocycles. The second kappa shape index (κ2) is 13.8. The minimum absolute atomic E-state index is 0.0673. The summed E-state index contributed by atoms with van der Waals surface area (Å²) in [6, 6.07) is 65.7. The zero-order valence-corrected chi connectivity index (χ0v) is 37.5. The molecule has 3 nitrogen and oxygen atoms in total. The van der Waals surface area contributed by atoms with Crippen LogP contribution in [0.1, 0.15) is 63.8 Å². The number of aromatic nitrogens is 1. The van der Waals surface area contributed by atoms with Crippen LogP contribution in [0, 0.1) is 0 Å². The fourth-order valence-corrected chi connectivity index (χ4v) is 11.5. The topological polar surface area (TPSA) is 10.9 Å². The molecule has 0 saturated heterocycles. The fourth-order valence-electron chi connectivity index (χ4n) is 10.2. The van der Waals surface area contributed by atoms with Gasteiger partial charge in [0.1, 0.15) is 4.83 Å². The quantitative estimate of drug-likeness (QED) is 0.165. The van der Waals surface area contributed by atoms with E-state index < -0.39 is 0 Å². The number of thiophene rings is 1. The Balaban J connectivity index is 1.08. The molecule has 0 spiro atoms. The van der Waals surface area contributed by atoms with E-state index in [1.54, 1.807) is 0 Å². The van der Waals surface area contributed by atoms with Gasteiger partial charge in [-0.15, -0.1) is 11.3 Å². The summed E-state index contributed by atoms with van der Waals surface area (Å²) in [4.78, 5) is 6.18. The molecule has 3 heterocycles. The van der Waals surface area contributed by atoms with E-state index in [1.807, 2.05) is 11.3 Å². The van der Waals surface area contributed by atoms with Crippen molar-refractivity contribution in [3.8, 4) is 11.3 Å². The summed E-state index contributed by atoms with van der Waals surface area (Å²) in [7, 11) is 0. The molecule has 63 heavy (non-hydrogen) atoms. The van der Waals surface area contributed by atoms with Gasteiger partial charge in [-0.1, -0.05) is 139 Å². The van der Waals surface area contributed by atoms with Crippen LogP contribution in [-0.2, 0) is 17.3 Å². The van der Waals surface area contributed by atoms with Crippen molar-refractivity contribution < 1.29 is 0 Å². The molecule has 11 aromatic rings. The first-order chi connectivity index (χ1) is 30.5. The Morgan fingerprint density at radius 3 is 1.70 bits per heavy atom. The zero-order valence-electron chi connectivity index (χ0n) is 36.7. The first kappa shape index (κ1) is 37.8. The van der Waals surface area contributed by atoms with Crippen LogP contribution in [0.15, 0.2) is 176 Å². The van der Waals surface area contributed by atoms with Crippen LogP contribution in [0.5, 0.6) is 0 Å². The van der Waals surface area contributed by atoms with Crippen LogP contribution in [-0.4, -0.2) is 4.40 Å². The summed E-state index contributed by atoms with van der Waals surface area (Å²) in [6.07, 6.45) is 0.914. The Hall–Kier alpha value is -6.88. The molecular formula is C59H49N3S. The van der Waals surface area contributed by atoms with Crippen molar-refractivity contribution in [3.63, 3.8) is 0 Å². The number of para-hydroxylation sites is 2. The van der Waals surface area contributed by atoms with Crippen LogP contribution in [0.4, 0.5) is 34.1 Å². The van der Waals surface area contributed by atoms with E-state index in [-0.39, 0.29) is 10.8 Å². The third kappa shape index (κ3) is 5.92. The number of hydrogen-bond acceptors (Lipinski definition) is 3. The van der Waals surface area contributed by atoms with Crippen LogP contribution in [0.2, 0.25) is 0 Å². The molecule has 3 aromatic heterocycles. The van der Waals surface area contributed by atoms with Crippen molar-refractivity contribution in [2.75, 3.05) is 9.80 Å². The monoisotopic (exact) mass is 831 g/mol. The average Bonchev–Trinajstić information content (AvgIpc) is 4.02.